The molecular formula is C39H47BN+. The molecule has 0 saturated carbocycles. The Morgan fingerprint density at radius 1 is 0.512 bits per heavy atom. The van der Waals surface area contributed by atoms with Gasteiger partial charge in [-0.1, -0.05) is 171 Å². The maximum Gasteiger partial charge on any atom is 0.241 e. The van der Waals surface area contributed by atoms with Gasteiger partial charge >= 0.3 is 0 Å². The van der Waals surface area contributed by atoms with Gasteiger partial charge in [0.15, 0.2) is 6.20 Å². The van der Waals surface area contributed by atoms with Crippen molar-refractivity contribution in [3.05, 3.63) is 133 Å². The molecule has 2 heteroatoms. The van der Waals surface area contributed by atoms with Crippen LogP contribution in [-0.2, 0) is 13.0 Å². The smallest absolute Gasteiger partial charge is 0.198 e. The standard InChI is InChI=1S/C26H31B.C13H16N/c1-2-3-4-5-6-9-16-23-17-14-15-22-26(23)27(24-18-10-7-11-19-24)25-20-12-8-13-21-25;1-2-3-10-14-11-6-8-12-7-4-5-9-13(12)14/h7-8,10-15,17-22H,2-6,9,16H2,1H3;4-9,11H,2-3,10H2,1H3/q;+1. The predicted octanol–water partition coefficient (Wildman–Crippen LogP) is 8.03. The van der Waals surface area contributed by atoms with Crippen molar-refractivity contribution in [2.24, 2.45) is 0 Å². The number of fused-ring (bicyclic) bond motifs is 1. The molecule has 1 nitrogen and oxygen atoms in total. The van der Waals surface area contributed by atoms with Crippen LogP contribution in [0.5, 0.6) is 0 Å². The highest BCUT2D eigenvalue weighted by molar-refractivity contribution is 6.95. The maximum atomic E-state index is 2.33. The lowest BCUT2D eigenvalue weighted by Crippen LogP contribution is -2.53. The molecule has 0 bridgehead atoms. The molecule has 0 radical (unpaired) electrons. The number of aromatic nitrogens is 1. The first-order valence-corrected chi connectivity index (χ1v) is 15.9. The molecule has 0 aliphatic carbocycles. The number of pyridine rings is 1. The van der Waals surface area contributed by atoms with E-state index in [-0.39, 0.29) is 0 Å². The van der Waals surface area contributed by atoms with Gasteiger partial charge in [-0.15, -0.1) is 0 Å². The molecule has 1 aromatic heterocycles. The topological polar surface area (TPSA) is 3.88 Å². The normalized spacial score (nSPS) is 10.7. The molecule has 0 amide bonds. The van der Waals surface area contributed by atoms with Gasteiger partial charge in [-0.05, 0) is 25.0 Å². The van der Waals surface area contributed by atoms with Crippen LogP contribution in [0.2, 0.25) is 0 Å². The summed E-state index contributed by atoms with van der Waals surface area (Å²) in [7, 11) is 0. The zero-order chi connectivity index (χ0) is 28.5. The number of hydrogen-bond acceptors (Lipinski definition) is 0. The summed E-state index contributed by atoms with van der Waals surface area (Å²) in [5, 5.41) is 1.33. The fourth-order valence-electron chi connectivity index (χ4n) is 5.73. The number of nitrogens with zero attached hydrogens (tertiary/aromatic N) is 1. The quantitative estimate of drug-likeness (QED) is 0.0809. The summed E-state index contributed by atoms with van der Waals surface area (Å²) in [6, 6.07) is 43.8. The first kappa shape index (κ1) is 30.3. The van der Waals surface area contributed by atoms with Gasteiger partial charge in [-0.3, -0.25) is 0 Å². The fraction of sp³-hybridized carbons (Fsp3) is 0.308. The molecule has 1 heterocycles. The minimum atomic E-state index is 0.309. The Hall–Kier alpha value is -3.65. The predicted molar refractivity (Wildman–Crippen MR) is 180 cm³/mol. The van der Waals surface area contributed by atoms with Crippen molar-refractivity contribution < 1.29 is 4.57 Å². The van der Waals surface area contributed by atoms with Crippen molar-refractivity contribution in [1.29, 1.82) is 0 Å². The SMILES string of the molecule is CCCCCCCCc1ccccc1B(c1ccccc1)c1ccccc1.CCCC[n+]1cccc2ccccc21. The van der Waals surface area contributed by atoms with Gasteiger partial charge in [0.2, 0.25) is 12.2 Å². The third-order valence-electron chi connectivity index (χ3n) is 7.97. The molecule has 210 valence electrons. The summed E-state index contributed by atoms with van der Waals surface area (Å²) in [5.41, 5.74) is 7.05. The molecule has 5 aromatic rings. The van der Waals surface area contributed by atoms with Crippen LogP contribution in [0.15, 0.2) is 128 Å². The van der Waals surface area contributed by atoms with Crippen LogP contribution in [-0.4, -0.2) is 6.71 Å². The summed E-state index contributed by atoms with van der Waals surface area (Å²) < 4.78 is 2.33. The van der Waals surface area contributed by atoms with Crippen molar-refractivity contribution in [2.45, 2.75) is 78.2 Å². The van der Waals surface area contributed by atoms with E-state index in [9.17, 15) is 0 Å². The van der Waals surface area contributed by atoms with E-state index in [1.807, 2.05) is 0 Å². The number of hydrogen-bond donors (Lipinski definition) is 0. The van der Waals surface area contributed by atoms with E-state index in [0.717, 1.165) is 6.54 Å². The molecule has 41 heavy (non-hydrogen) atoms. The van der Waals surface area contributed by atoms with E-state index in [1.54, 1.807) is 0 Å². The molecule has 0 unspecified atom stereocenters. The van der Waals surface area contributed by atoms with Crippen LogP contribution in [0.1, 0.15) is 70.8 Å². The van der Waals surface area contributed by atoms with Gasteiger partial charge in [0.1, 0.15) is 6.54 Å². The van der Waals surface area contributed by atoms with Crippen LogP contribution in [0.25, 0.3) is 10.9 Å². The molecule has 0 aliphatic rings. The fourth-order valence-corrected chi connectivity index (χ4v) is 5.73. The van der Waals surface area contributed by atoms with Crippen LogP contribution in [0.4, 0.5) is 0 Å². The lowest BCUT2D eigenvalue weighted by molar-refractivity contribution is -0.671. The number of rotatable bonds is 13. The summed E-state index contributed by atoms with van der Waals surface area (Å²) in [6.45, 7) is 5.94. The lowest BCUT2D eigenvalue weighted by Gasteiger charge is -2.19. The van der Waals surface area contributed by atoms with Gasteiger partial charge in [-0.2, -0.15) is 4.57 Å². The van der Waals surface area contributed by atoms with E-state index in [4.69, 9.17) is 0 Å². The highest BCUT2D eigenvalue weighted by Gasteiger charge is 2.23. The summed E-state index contributed by atoms with van der Waals surface area (Å²) in [6.07, 6.45) is 13.9. The number of para-hydroxylation sites is 1. The van der Waals surface area contributed by atoms with Gasteiger partial charge in [-0.25, -0.2) is 0 Å². The van der Waals surface area contributed by atoms with Crippen molar-refractivity contribution in [1.82, 2.24) is 0 Å². The molecule has 0 fully saturated rings. The van der Waals surface area contributed by atoms with Crippen LogP contribution >= 0.6 is 0 Å². The summed E-state index contributed by atoms with van der Waals surface area (Å²) in [4.78, 5) is 0. The van der Waals surface area contributed by atoms with Gasteiger partial charge in [0.05, 0.1) is 0 Å². The van der Waals surface area contributed by atoms with Crippen molar-refractivity contribution in [2.75, 3.05) is 0 Å². The minimum Gasteiger partial charge on any atom is -0.198 e. The molecule has 0 N–H and O–H groups in total. The van der Waals surface area contributed by atoms with E-state index in [1.165, 1.54) is 90.6 Å². The number of unbranched alkanes of at least 4 members (excludes halogenated alkanes) is 6. The number of aryl methyl sites for hydroxylation is 2. The Morgan fingerprint density at radius 3 is 1.78 bits per heavy atom. The first-order valence-electron chi connectivity index (χ1n) is 15.9. The third kappa shape index (κ3) is 9.18. The Labute approximate surface area is 249 Å². The second-order valence-electron chi connectivity index (χ2n) is 11.1. The van der Waals surface area contributed by atoms with Crippen LogP contribution < -0.4 is 21.0 Å². The van der Waals surface area contributed by atoms with Gasteiger partial charge in [0.25, 0.3) is 0 Å². The van der Waals surface area contributed by atoms with Crippen molar-refractivity contribution in [3.8, 4) is 0 Å². The molecule has 0 spiro atoms. The van der Waals surface area contributed by atoms with Gasteiger partial charge in [0, 0.05) is 23.9 Å². The zero-order valence-corrected chi connectivity index (χ0v) is 25.2. The highest BCUT2D eigenvalue weighted by atomic mass is 14.9. The Bertz CT molecular complexity index is 1370. The molecule has 4 aromatic carbocycles. The second kappa shape index (κ2) is 17.2. The zero-order valence-electron chi connectivity index (χ0n) is 25.2. The summed E-state index contributed by atoms with van der Waals surface area (Å²) in [5.74, 6) is 0. The van der Waals surface area contributed by atoms with E-state index in [2.05, 4.69) is 146 Å². The average molecular weight is 541 g/mol. The minimum absolute atomic E-state index is 0.309. The van der Waals surface area contributed by atoms with E-state index in [0.29, 0.717) is 6.71 Å². The molecule has 5 rings (SSSR count). The molecular weight excluding hydrogens is 493 g/mol. The van der Waals surface area contributed by atoms with Crippen molar-refractivity contribution >= 4 is 34.0 Å². The molecule has 0 aliphatic heterocycles. The highest BCUT2D eigenvalue weighted by Crippen LogP contribution is 2.10. The second-order valence-corrected chi connectivity index (χ2v) is 11.1. The van der Waals surface area contributed by atoms with E-state index < -0.39 is 0 Å². The molecule has 0 atom stereocenters. The van der Waals surface area contributed by atoms with Crippen LogP contribution in [0, 0.1) is 0 Å². The van der Waals surface area contributed by atoms with E-state index >= 15 is 0 Å². The Balaban J connectivity index is 0.000000231. The maximum absolute atomic E-state index is 2.33. The van der Waals surface area contributed by atoms with Gasteiger partial charge < -0.3 is 0 Å². The average Bonchev–Trinajstić information content (AvgIpc) is 3.04. The Kier molecular flexibility index (Phi) is 12.7. The van der Waals surface area contributed by atoms with Crippen LogP contribution in [0.3, 0.4) is 0 Å². The first-order chi connectivity index (χ1) is 20.3. The monoisotopic (exact) mass is 540 g/mol. The largest absolute Gasteiger partial charge is 0.241 e. The summed E-state index contributed by atoms with van der Waals surface area (Å²) >= 11 is 0. The van der Waals surface area contributed by atoms with Crippen molar-refractivity contribution in [3.63, 3.8) is 0 Å². The third-order valence-corrected chi connectivity index (χ3v) is 7.97. The molecule has 0 saturated heterocycles. The lowest BCUT2D eigenvalue weighted by atomic mass is 9.36. The number of benzene rings is 4. The Morgan fingerprint density at radius 2 is 1.07 bits per heavy atom.